The number of aromatic nitrogens is 1. The fourth-order valence-corrected chi connectivity index (χ4v) is 2.73. The molecule has 1 aromatic carbocycles. The first-order valence-corrected chi connectivity index (χ1v) is 8.37. The molecule has 0 atom stereocenters. The van der Waals surface area contributed by atoms with Crippen LogP contribution in [0.2, 0.25) is 0 Å². The molecule has 1 heterocycles. The van der Waals surface area contributed by atoms with Crippen LogP contribution in [0.3, 0.4) is 0 Å². The molecule has 0 fully saturated rings. The van der Waals surface area contributed by atoms with Crippen LogP contribution in [0.5, 0.6) is 0 Å². The van der Waals surface area contributed by atoms with Gasteiger partial charge in [0.05, 0.1) is 35.3 Å². The number of para-hydroxylation sites is 1. The minimum absolute atomic E-state index is 0.0130. The van der Waals surface area contributed by atoms with E-state index in [9.17, 15) is 14.0 Å². The number of thiazole rings is 1. The van der Waals surface area contributed by atoms with Gasteiger partial charge < -0.3 is 9.64 Å². The molecule has 130 valence electrons. The Hall–Kier alpha value is -2.79. The van der Waals surface area contributed by atoms with Gasteiger partial charge in [-0.2, -0.15) is 5.26 Å². The third kappa shape index (κ3) is 5.36. The van der Waals surface area contributed by atoms with Crippen molar-refractivity contribution in [3.05, 3.63) is 46.2 Å². The van der Waals surface area contributed by atoms with E-state index in [1.165, 1.54) is 29.5 Å². The molecule has 0 unspecified atom stereocenters. The van der Waals surface area contributed by atoms with Crippen LogP contribution in [0.15, 0.2) is 29.6 Å². The highest BCUT2D eigenvalue weighted by atomic mass is 32.1. The second-order valence-electron chi connectivity index (χ2n) is 5.10. The largest absolute Gasteiger partial charge is 0.455 e. The molecule has 0 spiro atoms. The fraction of sp³-hybridized carbons (Fsp3) is 0.294. The summed E-state index contributed by atoms with van der Waals surface area (Å²) in [4.78, 5) is 29.4. The molecule has 2 rings (SSSR count). The zero-order valence-corrected chi connectivity index (χ0v) is 14.4. The Kier molecular flexibility index (Phi) is 6.60. The van der Waals surface area contributed by atoms with Gasteiger partial charge in [-0.25, -0.2) is 9.37 Å². The Balaban J connectivity index is 1.98. The molecular weight excluding hydrogens is 345 g/mol. The molecule has 8 heteroatoms. The number of hydrogen-bond donors (Lipinski definition) is 0. The summed E-state index contributed by atoms with van der Waals surface area (Å²) in [7, 11) is 0. The van der Waals surface area contributed by atoms with E-state index < -0.39 is 24.3 Å². The molecule has 0 saturated heterocycles. The number of nitrogens with zero attached hydrogens (tertiary/aromatic N) is 3. The molecule has 0 N–H and O–H groups in total. The average molecular weight is 361 g/mol. The zero-order valence-electron chi connectivity index (χ0n) is 13.6. The molecule has 1 aromatic heterocycles. The van der Waals surface area contributed by atoms with Gasteiger partial charge in [0, 0.05) is 11.9 Å². The van der Waals surface area contributed by atoms with Crippen LogP contribution in [-0.2, 0) is 20.7 Å². The maximum atomic E-state index is 13.9. The summed E-state index contributed by atoms with van der Waals surface area (Å²) in [5.74, 6) is -1.77. The normalized spacial score (nSPS) is 10.1. The van der Waals surface area contributed by atoms with Gasteiger partial charge in [-0.15, -0.1) is 11.3 Å². The number of carbonyl (C=O) groups is 2. The molecule has 25 heavy (non-hydrogen) atoms. The van der Waals surface area contributed by atoms with Crippen molar-refractivity contribution in [3.8, 4) is 6.07 Å². The Morgan fingerprint density at radius 2 is 2.16 bits per heavy atom. The standard InChI is InChI=1S/C17H16FN3O3S/c1-12-20-13(11-25-12)9-17(23)24-10-16(22)21(8-4-7-19)15-6-3-2-5-14(15)18/h2-3,5-6,11H,4,8-10H2,1H3. The number of hydrogen-bond acceptors (Lipinski definition) is 6. The van der Waals surface area contributed by atoms with Gasteiger partial charge in [0.15, 0.2) is 6.61 Å². The summed E-state index contributed by atoms with van der Waals surface area (Å²) in [5.41, 5.74) is 0.629. The van der Waals surface area contributed by atoms with Gasteiger partial charge in [0.1, 0.15) is 5.82 Å². The highest BCUT2D eigenvalue weighted by Gasteiger charge is 2.20. The van der Waals surface area contributed by atoms with Gasteiger partial charge in [0.25, 0.3) is 5.91 Å². The first-order chi connectivity index (χ1) is 12.0. The van der Waals surface area contributed by atoms with Crippen LogP contribution in [0.25, 0.3) is 0 Å². The second kappa shape index (κ2) is 8.89. The Labute approximate surface area is 148 Å². The van der Waals surface area contributed by atoms with Crippen molar-refractivity contribution in [2.45, 2.75) is 19.8 Å². The number of benzene rings is 1. The van der Waals surface area contributed by atoms with E-state index in [-0.39, 0.29) is 25.1 Å². The number of esters is 1. The number of ether oxygens (including phenoxy) is 1. The smallest absolute Gasteiger partial charge is 0.312 e. The third-order valence-corrected chi connectivity index (χ3v) is 4.06. The van der Waals surface area contributed by atoms with Gasteiger partial charge in [-0.1, -0.05) is 12.1 Å². The van der Waals surface area contributed by atoms with Crippen LogP contribution >= 0.6 is 11.3 Å². The van der Waals surface area contributed by atoms with Gasteiger partial charge in [-0.3, -0.25) is 9.59 Å². The highest BCUT2D eigenvalue weighted by Crippen LogP contribution is 2.19. The van der Waals surface area contributed by atoms with E-state index in [0.29, 0.717) is 5.69 Å². The first-order valence-electron chi connectivity index (χ1n) is 7.49. The average Bonchev–Trinajstić information content (AvgIpc) is 2.99. The molecule has 0 aliphatic heterocycles. The Bertz CT molecular complexity index is 800. The number of nitriles is 1. The summed E-state index contributed by atoms with van der Waals surface area (Å²) in [6, 6.07) is 7.65. The van der Waals surface area contributed by atoms with Crippen molar-refractivity contribution in [1.29, 1.82) is 5.26 Å². The summed E-state index contributed by atoms with van der Waals surface area (Å²) in [6.45, 7) is 1.31. The third-order valence-electron chi connectivity index (χ3n) is 3.24. The Morgan fingerprint density at radius 3 is 2.80 bits per heavy atom. The fourth-order valence-electron chi connectivity index (χ4n) is 2.12. The van der Waals surface area contributed by atoms with Crippen LogP contribution in [0.4, 0.5) is 10.1 Å². The lowest BCUT2D eigenvalue weighted by atomic mass is 10.2. The predicted molar refractivity (Wildman–Crippen MR) is 90.5 cm³/mol. The van der Waals surface area contributed by atoms with Crippen LogP contribution in [0, 0.1) is 24.1 Å². The van der Waals surface area contributed by atoms with Crippen molar-refractivity contribution in [3.63, 3.8) is 0 Å². The second-order valence-corrected chi connectivity index (χ2v) is 6.16. The lowest BCUT2D eigenvalue weighted by Crippen LogP contribution is -2.36. The number of rotatable bonds is 7. The number of aryl methyl sites for hydroxylation is 1. The number of halogens is 1. The van der Waals surface area contributed by atoms with Crippen LogP contribution in [0.1, 0.15) is 17.1 Å². The lowest BCUT2D eigenvalue weighted by molar-refractivity contribution is -0.147. The van der Waals surface area contributed by atoms with E-state index in [2.05, 4.69) is 4.98 Å². The highest BCUT2D eigenvalue weighted by molar-refractivity contribution is 7.09. The predicted octanol–water partition coefficient (Wildman–Crippen LogP) is 2.62. The number of anilines is 1. The molecular formula is C17H16FN3O3S. The van der Waals surface area contributed by atoms with Crippen LogP contribution < -0.4 is 4.90 Å². The van der Waals surface area contributed by atoms with E-state index in [4.69, 9.17) is 10.00 Å². The van der Waals surface area contributed by atoms with Gasteiger partial charge in [0.2, 0.25) is 0 Å². The SMILES string of the molecule is Cc1nc(CC(=O)OCC(=O)N(CCC#N)c2ccccc2F)cs1. The van der Waals surface area contributed by atoms with E-state index in [1.54, 1.807) is 11.4 Å². The zero-order chi connectivity index (χ0) is 18.2. The molecule has 0 aliphatic rings. The number of carbonyl (C=O) groups excluding carboxylic acids is 2. The van der Waals surface area contributed by atoms with E-state index >= 15 is 0 Å². The van der Waals surface area contributed by atoms with Crippen molar-refractivity contribution >= 4 is 28.9 Å². The quantitative estimate of drug-likeness (QED) is 0.708. The van der Waals surface area contributed by atoms with E-state index in [0.717, 1.165) is 9.91 Å². The summed E-state index contributed by atoms with van der Waals surface area (Å²) in [5, 5.41) is 11.3. The van der Waals surface area contributed by atoms with Crippen molar-refractivity contribution in [1.82, 2.24) is 4.98 Å². The monoisotopic (exact) mass is 361 g/mol. The first kappa shape index (κ1) is 18.5. The van der Waals surface area contributed by atoms with Crippen molar-refractivity contribution < 1.29 is 18.7 Å². The number of amides is 1. The lowest BCUT2D eigenvalue weighted by Gasteiger charge is -2.22. The topological polar surface area (TPSA) is 83.3 Å². The molecule has 0 bridgehead atoms. The minimum Gasteiger partial charge on any atom is -0.455 e. The Morgan fingerprint density at radius 1 is 1.40 bits per heavy atom. The maximum Gasteiger partial charge on any atom is 0.312 e. The molecule has 0 aliphatic carbocycles. The molecule has 2 aromatic rings. The van der Waals surface area contributed by atoms with E-state index in [1.807, 2.05) is 13.0 Å². The molecule has 0 saturated carbocycles. The summed E-state index contributed by atoms with van der Waals surface area (Å²) < 4.78 is 18.9. The van der Waals surface area contributed by atoms with Gasteiger partial charge in [-0.05, 0) is 19.1 Å². The van der Waals surface area contributed by atoms with Gasteiger partial charge >= 0.3 is 5.97 Å². The maximum absolute atomic E-state index is 13.9. The van der Waals surface area contributed by atoms with Crippen molar-refractivity contribution in [2.24, 2.45) is 0 Å². The molecule has 0 radical (unpaired) electrons. The summed E-state index contributed by atoms with van der Waals surface area (Å²) in [6.07, 6.45) is 0.00162. The minimum atomic E-state index is -0.594. The van der Waals surface area contributed by atoms with Crippen molar-refractivity contribution in [2.75, 3.05) is 18.1 Å². The summed E-state index contributed by atoms with van der Waals surface area (Å²) >= 11 is 1.42. The van der Waals surface area contributed by atoms with Crippen LogP contribution in [-0.4, -0.2) is 30.0 Å². The molecule has 6 nitrogen and oxygen atoms in total. The molecule has 1 amide bonds.